The van der Waals surface area contributed by atoms with Crippen LogP contribution >= 0.6 is 0 Å². The van der Waals surface area contributed by atoms with Gasteiger partial charge < -0.3 is 43.6 Å². The van der Waals surface area contributed by atoms with E-state index < -0.39 is 0 Å². The summed E-state index contributed by atoms with van der Waals surface area (Å²) in [6, 6.07) is 0. The molecule has 0 nitrogen and oxygen atoms in total. The van der Waals surface area contributed by atoms with Crippen LogP contribution in [-0.2, 0) is 25.8 Å². The fraction of sp³-hybridized carbons (Fsp3) is 0.615. The molecule has 0 bridgehead atoms. The first-order valence-electron chi connectivity index (χ1n) is 5.65. The summed E-state index contributed by atoms with van der Waals surface area (Å²) in [6.07, 6.45) is 17.8. The van der Waals surface area contributed by atoms with E-state index in [0.717, 1.165) is 23.7 Å². The fourth-order valence-electron chi connectivity index (χ4n) is 3.45. The third kappa shape index (κ3) is 4.09. The van der Waals surface area contributed by atoms with Crippen LogP contribution in [0, 0.1) is 30.1 Å². The van der Waals surface area contributed by atoms with Crippen molar-refractivity contribution < 1.29 is 63.1 Å². The van der Waals surface area contributed by atoms with E-state index in [1.54, 1.807) is 0 Å². The second kappa shape index (κ2) is 9.18. The molecule has 0 aromatic carbocycles. The van der Waals surface area contributed by atoms with Crippen molar-refractivity contribution in [2.24, 2.45) is 23.7 Å². The second-order valence-corrected chi connectivity index (χ2v) is 4.73. The van der Waals surface area contributed by atoms with Crippen LogP contribution in [0.2, 0.25) is 0 Å². The van der Waals surface area contributed by atoms with Gasteiger partial charge in [0, 0.05) is 0 Å². The minimum absolute atomic E-state index is 0. The Balaban J connectivity index is 0. The van der Waals surface area contributed by atoms with E-state index in [2.05, 4.69) is 30.7 Å². The van der Waals surface area contributed by atoms with Crippen LogP contribution in [-0.4, -0.2) is 0 Å². The quantitative estimate of drug-likeness (QED) is 0.251. The molecule has 3 rings (SSSR count). The van der Waals surface area contributed by atoms with Gasteiger partial charge in [-0.05, 0) is 5.92 Å². The zero-order chi connectivity index (χ0) is 8.67. The van der Waals surface area contributed by atoms with E-state index in [9.17, 15) is 0 Å². The Morgan fingerprint density at radius 1 is 0.882 bits per heavy atom. The third-order valence-corrected chi connectivity index (χ3v) is 4.06. The number of fused-ring (bicyclic) bond motifs is 3. The van der Waals surface area contributed by atoms with E-state index in [4.69, 9.17) is 0 Å². The second-order valence-electron chi connectivity index (χ2n) is 4.73. The maximum absolute atomic E-state index is 2.62. The zero-order valence-electron chi connectivity index (χ0n) is 9.66. The Morgan fingerprint density at radius 2 is 1.53 bits per heavy atom. The fourth-order valence-corrected chi connectivity index (χ4v) is 3.45. The topological polar surface area (TPSA) is 0 Å². The predicted molar refractivity (Wildman–Crippen MR) is 55.0 cm³/mol. The van der Waals surface area contributed by atoms with Crippen LogP contribution in [0.15, 0.2) is 24.3 Å². The Bertz CT molecular complexity index is 265. The van der Waals surface area contributed by atoms with Crippen molar-refractivity contribution in [1.29, 1.82) is 0 Å². The molecule has 17 heavy (non-hydrogen) atoms. The summed E-state index contributed by atoms with van der Waals surface area (Å²) < 4.78 is 0. The van der Waals surface area contributed by atoms with Crippen molar-refractivity contribution in [3.63, 3.8) is 0 Å². The van der Waals surface area contributed by atoms with Crippen LogP contribution in [0.1, 0.15) is 25.7 Å². The molecule has 4 atom stereocenters. The van der Waals surface area contributed by atoms with Crippen molar-refractivity contribution in [3.8, 4) is 0 Å². The molecule has 3 aliphatic carbocycles. The maximum Gasteiger partial charge on any atom is 4.00 e. The van der Waals surface area contributed by atoms with E-state index in [1.807, 2.05) is 0 Å². The van der Waals surface area contributed by atoms with Gasteiger partial charge in [-0.3, -0.25) is 0 Å². The average molecular weight is 458 g/mol. The Morgan fingerprint density at radius 3 is 2.29 bits per heavy atom. The van der Waals surface area contributed by atoms with E-state index in [1.165, 1.54) is 25.7 Å². The van der Waals surface area contributed by atoms with E-state index >= 15 is 0 Å². The minimum atomic E-state index is 0. The molecule has 0 aromatic heterocycles. The summed E-state index contributed by atoms with van der Waals surface area (Å²) in [5.74, 6) is 3.56. The molecular weight excluding hydrogens is 441 g/mol. The number of allylic oxidation sites excluding steroid dienone is 4. The summed E-state index contributed by atoms with van der Waals surface area (Å²) in [5, 5.41) is 0. The molecule has 0 amide bonds. The van der Waals surface area contributed by atoms with E-state index in [-0.39, 0.29) is 63.1 Å². The first-order chi connectivity index (χ1) is 6.45. The average Bonchev–Trinajstić information content (AvgIpc) is 2.56. The molecule has 0 aliphatic heterocycles. The van der Waals surface area contributed by atoms with Gasteiger partial charge in [0.2, 0.25) is 0 Å². The standard InChI is InChI=1S/C13H17.3ClH.Hf/c1-3-7-12-10(5-1)9-11-6-2-4-8-13(11)12;;;;/h1,3,5,7,9-13H,2,4,6,8H2;3*1H;/q-1;;;;+4/p-3. The summed E-state index contributed by atoms with van der Waals surface area (Å²) >= 11 is 0. The maximum atomic E-state index is 2.62. The van der Waals surface area contributed by atoms with Gasteiger partial charge in [0.15, 0.2) is 0 Å². The smallest absolute Gasteiger partial charge is 1.00 e. The van der Waals surface area contributed by atoms with Gasteiger partial charge in [0.05, 0.1) is 0 Å². The SMILES string of the molecule is C1=CC2[CH-]C3CCCCC3C2C=C1.[Cl-].[Cl-].[Cl-].[Hf+4]. The van der Waals surface area contributed by atoms with Crippen molar-refractivity contribution in [1.82, 2.24) is 0 Å². The molecule has 3 aliphatic rings. The molecule has 0 heterocycles. The first kappa shape index (κ1) is 20.5. The number of rotatable bonds is 0. The van der Waals surface area contributed by atoms with Crippen LogP contribution in [0.25, 0.3) is 0 Å². The number of hydrogen-bond acceptors (Lipinski definition) is 0. The van der Waals surface area contributed by atoms with Crippen LogP contribution < -0.4 is 37.2 Å². The largest absolute Gasteiger partial charge is 4.00 e. The van der Waals surface area contributed by atoms with Crippen molar-refractivity contribution in [2.45, 2.75) is 25.7 Å². The predicted octanol–water partition coefficient (Wildman–Crippen LogP) is -5.62. The summed E-state index contributed by atoms with van der Waals surface area (Å²) in [5.41, 5.74) is 0. The van der Waals surface area contributed by atoms with Crippen molar-refractivity contribution in [2.75, 3.05) is 0 Å². The molecule has 4 heteroatoms. The molecule has 0 saturated heterocycles. The van der Waals surface area contributed by atoms with Gasteiger partial charge in [-0.1, -0.05) is 49.8 Å². The van der Waals surface area contributed by atoms with Crippen molar-refractivity contribution >= 4 is 0 Å². The normalized spacial score (nSPS) is 36.2. The molecule has 0 spiro atoms. The van der Waals surface area contributed by atoms with Gasteiger partial charge in [-0.25, -0.2) is 0 Å². The summed E-state index contributed by atoms with van der Waals surface area (Å²) in [4.78, 5) is 0. The molecule has 2 saturated carbocycles. The van der Waals surface area contributed by atoms with Crippen LogP contribution in [0.5, 0.6) is 0 Å². The zero-order valence-corrected chi connectivity index (χ0v) is 15.5. The van der Waals surface area contributed by atoms with Crippen LogP contribution in [0.4, 0.5) is 0 Å². The van der Waals surface area contributed by atoms with Crippen LogP contribution in [0.3, 0.4) is 0 Å². The summed E-state index contributed by atoms with van der Waals surface area (Å²) in [6.45, 7) is 0. The molecule has 94 valence electrons. The van der Waals surface area contributed by atoms with Gasteiger partial charge in [0.25, 0.3) is 0 Å². The Kier molecular flexibility index (Phi) is 11.1. The van der Waals surface area contributed by atoms with Crippen molar-refractivity contribution in [3.05, 3.63) is 30.7 Å². The third-order valence-electron chi connectivity index (χ3n) is 4.06. The minimum Gasteiger partial charge on any atom is -1.00 e. The van der Waals surface area contributed by atoms with Gasteiger partial charge in [0.1, 0.15) is 0 Å². The molecular formula is C13H17Cl3Hf. The monoisotopic (exact) mass is 458 g/mol. The molecule has 0 radical (unpaired) electrons. The van der Waals surface area contributed by atoms with Gasteiger partial charge in [-0.15, -0.1) is 12.0 Å². The molecule has 0 N–H and O–H groups in total. The molecule has 4 unspecified atom stereocenters. The Labute approximate surface area is 142 Å². The summed E-state index contributed by atoms with van der Waals surface area (Å²) in [7, 11) is 0. The van der Waals surface area contributed by atoms with Gasteiger partial charge >= 0.3 is 25.8 Å². The van der Waals surface area contributed by atoms with Gasteiger partial charge in [-0.2, -0.15) is 5.92 Å². The number of hydrogen-bond donors (Lipinski definition) is 0. The number of halogens is 3. The first-order valence-corrected chi connectivity index (χ1v) is 5.65. The Hall–Kier alpha value is 1.22. The molecule has 2 fully saturated rings. The van der Waals surface area contributed by atoms with E-state index in [0.29, 0.717) is 0 Å². The molecule has 0 aromatic rings.